The fourth-order valence-electron chi connectivity index (χ4n) is 3.57. The van der Waals surface area contributed by atoms with Crippen LogP contribution in [-0.2, 0) is 0 Å². The van der Waals surface area contributed by atoms with Crippen molar-refractivity contribution in [2.24, 2.45) is 5.41 Å². The van der Waals surface area contributed by atoms with Crippen molar-refractivity contribution in [2.75, 3.05) is 31.1 Å². The van der Waals surface area contributed by atoms with Gasteiger partial charge in [-0.25, -0.2) is 4.98 Å². The van der Waals surface area contributed by atoms with Crippen LogP contribution in [0.15, 0.2) is 41.2 Å². The van der Waals surface area contributed by atoms with Crippen LogP contribution >= 0.6 is 0 Å². The van der Waals surface area contributed by atoms with E-state index in [9.17, 15) is 4.79 Å². The Balaban J connectivity index is 1.41. The fourth-order valence-corrected chi connectivity index (χ4v) is 3.57. The molecule has 4 heterocycles. The van der Waals surface area contributed by atoms with E-state index in [1.165, 1.54) is 6.26 Å². The zero-order chi connectivity index (χ0) is 15.2. The van der Waals surface area contributed by atoms with Crippen LogP contribution in [0.5, 0.6) is 0 Å². The molecule has 2 aliphatic heterocycles. The average molecular weight is 297 g/mol. The summed E-state index contributed by atoms with van der Waals surface area (Å²) < 4.78 is 5.01. The molecule has 0 atom stereocenters. The molecule has 2 aromatic rings. The van der Waals surface area contributed by atoms with E-state index in [-0.39, 0.29) is 11.3 Å². The van der Waals surface area contributed by atoms with Gasteiger partial charge in [-0.15, -0.1) is 0 Å². The van der Waals surface area contributed by atoms with Crippen LogP contribution < -0.4 is 4.90 Å². The fraction of sp³-hybridized carbons (Fsp3) is 0.412. The van der Waals surface area contributed by atoms with Crippen LogP contribution in [0.3, 0.4) is 0 Å². The van der Waals surface area contributed by atoms with Crippen molar-refractivity contribution in [3.05, 3.63) is 48.0 Å². The van der Waals surface area contributed by atoms with Gasteiger partial charge in [0.25, 0.3) is 5.91 Å². The number of hydrogen-bond acceptors (Lipinski definition) is 4. The zero-order valence-corrected chi connectivity index (χ0v) is 12.7. The Morgan fingerprint density at radius 1 is 1.27 bits per heavy atom. The molecule has 1 spiro atoms. The number of amides is 1. The molecule has 22 heavy (non-hydrogen) atoms. The second kappa shape index (κ2) is 4.87. The smallest absolute Gasteiger partial charge is 0.257 e. The molecule has 5 heteroatoms. The van der Waals surface area contributed by atoms with Gasteiger partial charge in [0, 0.05) is 37.3 Å². The number of anilines is 1. The molecule has 0 aliphatic carbocycles. The number of furan rings is 1. The Bertz CT molecular complexity index is 690. The molecule has 2 aliphatic rings. The van der Waals surface area contributed by atoms with E-state index in [1.807, 2.05) is 24.0 Å². The van der Waals surface area contributed by atoms with Gasteiger partial charge in [-0.1, -0.05) is 6.07 Å². The van der Waals surface area contributed by atoms with Crippen LogP contribution in [0.1, 0.15) is 22.5 Å². The second-order valence-electron chi connectivity index (χ2n) is 6.48. The molecular weight excluding hydrogens is 278 g/mol. The number of nitrogens with zero attached hydrogens (tertiary/aromatic N) is 3. The maximum absolute atomic E-state index is 12.4. The zero-order valence-electron chi connectivity index (χ0n) is 12.7. The Hall–Kier alpha value is -2.30. The van der Waals surface area contributed by atoms with E-state index < -0.39 is 0 Å². The molecule has 114 valence electrons. The summed E-state index contributed by atoms with van der Waals surface area (Å²) in [6.07, 6.45) is 4.14. The number of pyridine rings is 1. The highest BCUT2D eigenvalue weighted by Crippen LogP contribution is 2.41. The first-order valence-corrected chi connectivity index (χ1v) is 7.65. The first-order chi connectivity index (χ1) is 10.7. The van der Waals surface area contributed by atoms with E-state index in [0.29, 0.717) is 5.56 Å². The minimum Gasteiger partial charge on any atom is -0.472 e. The monoisotopic (exact) mass is 297 g/mol. The molecule has 2 aromatic heterocycles. The number of rotatable bonds is 2. The summed E-state index contributed by atoms with van der Waals surface area (Å²) in [7, 11) is 0. The van der Waals surface area contributed by atoms with Crippen molar-refractivity contribution in [3.63, 3.8) is 0 Å². The van der Waals surface area contributed by atoms with Gasteiger partial charge < -0.3 is 14.2 Å². The number of aromatic nitrogens is 1. The molecule has 0 N–H and O–H groups in total. The van der Waals surface area contributed by atoms with Gasteiger partial charge in [0.2, 0.25) is 0 Å². The molecule has 0 saturated carbocycles. The third-order valence-corrected chi connectivity index (χ3v) is 4.74. The highest BCUT2D eigenvalue weighted by atomic mass is 16.3. The van der Waals surface area contributed by atoms with Crippen molar-refractivity contribution in [2.45, 2.75) is 13.3 Å². The summed E-state index contributed by atoms with van der Waals surface area (Å²) in [5.41, 5.74) is 1.93. The summed E-state index contributed by atoms with van der Waals surface area (Å²) in [6, 6.07) is 7.85. The summed E-state index contributed by atoms with van der Waals surface area (Å²) >= 11 is 0. The third-order valence-electron chi connectivity index (χ3n) is 4.74. The Morgan fingerprint density at radius 3 is 2.86 bits per heavy atom. The van der Waals surface area contributed by atoms with E-state index in [4.69, 9.17) is 4.42 Å². The van der Waals surface area contributed by atoms with E-state index in [2.05, 4.69) is 16.0 Å². The molecule has 1 amide bonds. The molecule has 2 fully saturated rings. The van der Waals surface area contributed by atoms with Crippen LogP contribution in [0, 0.1) is 12.3 Å². The van der Waals surface area contributed by atoms with Crippen LogP contribution in [0.2, 0.25) is 0 Å². The van der Waals surface area contributed by atoms with Crippen LogP contribution in [0.25, 0.3) is 0 Å². The maximum Gasteiger partial charge on any atom is 0.257 e. The quantitative estimate of drug-likeness (QED) is 0.853. The number of carbonyl (C=O) groups is 1. The van der Waals surface area contributed by atoms with Crippen molar-refractivity contribution >= 4 is 11.7 Å². The van der Waals surface area contributed by atoms with Gasteiger partial charge in [0.1, 0.15) is 12.1 Å². The van der Waals surface area contributed by atoms with Crippen molar-refractivity contribution in [1.29, 1.82) is 0 Å². The van der Waals surface area contributed by atoms with Crippen LogP contribution in [-0.4, -0.2) is 42.0 Å². The van der Waals surface area contributed by atoms with Gasteiger partial charge in [-0.2, -0.15) is 0 Å². The van der Waals surface area contributed by atoms with E-state index in [1.54, 1.807) is 12.3 Å². The summed E-state index contributed by atoms with van der Waals surface area (Å²) in [4.78, 5) is 21.2. The minimum atomic E-state index is 0.0813. The second-order valence-corrected chi connectivity index (χ2v) is 6.48. The van der Waals surface area contributed by atoms with Crippen molar-refractivity contribution in [1.82, 2.24) is 9.88 Å². The average Bonchev–Trinajstić information content (AvgIpc) is 3.15. The molecule has 0 aromatic carbocycles. The highest BCUT2D eigenvalue weighted by Gasteiger charge is 2.49. The summed E-state index contributed by atoms with van der Waals surface area (Å²) in [6.45, 7) is 5.65. The lowest BCUT2D eigenvalue weighted by atomic mass is 9.79. The molecule has 2 saturated heterocycles. The largest absolute Gasteiger partial charge is 0.472 e. The molecule has 5 nitrogen and oxygen atoms in total. The minimum absolute atomic E-state index is 0.0813. The summed E-state index contributed by atoms with van der Waals surface area (Å²) in [5.74, 6) is 1.13. The first-order valence-electron chi connectivity index (χ1n) is 7.65. The van der Waals surface area contributed by atoms with Gasteiger partial charge in [-0.05, 0) is 31.5 Å². The predicted octanol–water partition coefficient (Wildman–Crippen LogP) is 2.34. The molecule has 0 radical (unpaired) electrons. The summed E-state index contributed by atoms with van der Waals surface area (Å²) in [5, 5.41) is 0. The SMILES string of the molecule is Cc1cccc(N2CC3(CCN(C(=O)c4ccoc4)C3)C2)n1. The Kier molecular flexibility index (Phi) is 2.96. The molecular formula is C17H19N3O2. The standard InChI is InChI=1S/C17H19N3O2/c1-13-3-2-4-15(18-13)20-11-17(12-20)6-7-19(10-17)16(21)14-5-8-22-9-14/h2-5,8-9H,6-7,10-12H2,1H3. The third kappa shape index (κ3) is 2.17. The van der Waals surface area contributed by atoms with Gasteiger partial charge in [-0.3, -0.25) is 4.79 Å². The lowest BCUT2D eigenvalue weighted by Gasteiger charge is -2.48. The lowest BCUT2D eigenvalue weighted by molar-refractivity contribution is 0.0762. The number of likely N-dealkylation sites (tertiary alicyclic amines) is 1. The molecule has 0 unspecified atom stereocenters. The Morgan fingerprint density at radius 2 is 2.14 bits per heavy atom. The number of carbonyl (C=O) groups excluding carboxylic acids is 1. The Labute approximate surface area is 129 Å². The van der Waals surface area contributed by atoms with Gasteiger partial charge in [0.15, 0.2) is 0 Å². The lowest BCUT2D eigenvalue weighted by Crippen LogP contribution is -2.58. The predicted molar refractivity (Wildman–Crippen MR) is 82.8 cm³/mol. The number of aryl methyl sites for hydroxylation is 1. The van der Waals surface area contributed by atoms with E-state index in [0.717, 1.165) is 44.1 Å². The normalized spacial score (nSPS) is 19.5. The first kappa shape index (κ1) is 13.4. The van der Waals surface area contributed by atoms with Crippen LogP contribution in [0.4, 0.5) is 5.82 Å². The van der Waals surface area contributed by atoms with E-state index >= 15 is 0 Å². The maximum atomic E-state index is 12.4. The van der Waals surface area contributed by atoms with Gasteiger partial charge in [0.05, 0.1) is 11.8 Å². The van der Waals surface area contributed by atoms with Crippen molar-refractivity contribution < 1.29 is 9.21 Å². The topological polar surface area (TPSA) is 49.6 Å². The van der Waals surface area contributed by atoms with Crippen molar-refractivity contribution in [3.8, 4) is 0 Å². The highest BCUT2D eigenvalue weighted by molar-refractivity contribution is 5.94. The van der Waals surface area contributed by atoms with Gasteiger partial charge >= 0.3 is 0 Å². The molecule has 0 bridgehead atoms. The number of hydrogen-bond donors (Lipinski definition) is 0. The molecule has 4 rings (SSSR count).